The van der Waals surface area contributed by atoms with Crippen molar-refractivity contribution in [2.24, 2.45) is 10.9 Å². The van der Waals surface area contributed by atoms with Gasteiger partial charge in [0.05, 0.1) is 24.1 Å². The maximum absolute atomic E-state index is 13.5. The lowest BCUT2D eigenvalue weighted by atomic mass is 9.91. The molecule has 11 nitrogen and oxygen atoms in total. The van der Waals surface area contributed by atoms with E-state index in [2.05, 4.69) is 43.1 Å². The predicted octanol–water partition coefficient (Wildman–Crippen LogP) is 7.09. The number of allylic oxidation sites excluding steroid dienone is 8. The first-order chi connectivity index (χ1) is 23.7. The molecule has 2 aromatic heterocycles. The summed E-state index contributed by atoms with van der Waals surface area (Å²) < 4.78 is 0. The molecule has 0 saturated heterocycles. The Bertz CT molecular complexity index is 1960. The maximum Gasteiger partial charge on any atom is 0.327 e. The maximum atomic E-state index is 13.5. The van der Waals surface area contributed by atoms with Gasteiger partial charge in [-0.3, -0.25) is 29.8 Å². The number of amides is 3. The third-order valence-corrected chi connectivity index (χ3v) is 8.41. The van der Waals surface area contributed by atoms with Crippen molar-refractivity contribution in [3.8, 4) is 0 Å². The molecule has 1 aliphatic carbocycles. The summed E-state index contributed by atoms with van der Waals surface area (Å²) in [7, 11) is 0. The number of carbonyl (C=O) groups excluding carboxylic acids is 3. The number of fused-ring (bicyclic) bond motifs is 1. The summed E-state index contributed by atoms with van der Waals surface area (Å²) in [4.78, 5) is 59.4. The number of anilines is 5. The van der Waals surface area contributed by atoms with Gasteiger partial charge >= 0.3 is 6.03 Å². The van der Waals surface area contributed by atoms with Gasteiger partial charge in [0.2, 0.25) is 5.95 Å². The summed E-state index contributed by atoms with van der Waals surface area (Å²) >= 11 is 0. The van der Waals surface area contributed by atoms with Gasteiger partial charge in [-0.1, -0.05) is 48.6 Å². The summed E-state index contributed by atoms with van der Waals surface area (Å²) in [5, 5.41) is 8.93. The first-order valence-electron chi connectivity index (χ1n) is 16.2. The Morgan fingerprint density at radius 3 is 2.63 bits per heavy atom. The molecule has 0 saturated carbocycles. The van der Waals surface area contributed by atoms with E-state index in [1.165, 1.54) is 0 Å². The molecule has 49 heavy (non-hydrogen) atoms. The Labute approximate surface area is 285 Å². The zero-order chi connectivity index (χ0) is 34.3. The number of rotatable bonds is 7. The van der Waals surface area contributed by atoms with Crippen molar-refractivity contribution in [1.82, 2.24) is 15.0 Å². The number of nitrogens with zero attached hydrogens (tertiary/aromatic N) is 5. The molecule has 11 heteroatoms. The van der Waals surface area contributed by atoms with Crippen LogP contribution in [-0.4, -0.2) is 44.4 Å². The number of pyridine rings is 1. The molecule has 4 heterocycles. The van der Waals surface area contributed by atoms with Crippen LogP contribution in [0, 0.1) is 19.8 Å². The second-order valence-electron chi connectivity index (χ2n) is 12.2. The van der Waals surface area contributed by atoms with Gasteiger partial charge in [0.25, 0.3) is 5.91 Å². The largest absolute Gasteiger partial charge is 0.327 e. The molecule has 2 aliphatic heterocycles. The molecule has 2 atom stereocenters. The Hall–Kier alpha value is -5.97. The van der Waals surface area contributed by atoms with Crippen LogP contribution >= 0.6 is 0 Å². The molecule has 6 rings (SSSR count). The number of carbonyl (C=O) groups is 3. The van der Waals surface area contributed by atoms with E-state index in [4.69, 9.17) is 4.99 Å². The smallest absolute Gasteiger partial charge is 0.323 e. The van der Waals surface area contributed by atoms with Crippen molar-refractivity contribution in [2.75, 3.05) is 20.9 Å². The van der Waals surface area contributed by atoms with Crippen LogP contribution in [0.2, 0.25) is 0 Å². The normalized spacial score (nSPS) is 19.6. The first kappa shape index (κ1) is 33.0. The summed E-state index contributed by atoms with van der Waals surface area (Å²) in [6.45, 7) is 5.91. The van der Waals surface area contributed by atoms with E-state index in [-0.39, 0.29) is 36.6 Å². The van der Waals surface area contributed by atoms with E-state index in [0.717, 1.165) is 34.6 Å². The average molecular weight is 655 g/mol. The highest BCUT2D eigenvalue weighted by Gasteiger charge is 2.27. The number of hydrogen-bond donors (Lipinski definition) is 3. The second kappa shape index (κ2) is 14.8. The summed E-state index contributed by atoms with van der Waals surface area (Å²) in [6, 6.07) is 8.37. The molecule has 0 spiro atoms. The summed E-state index contributed by atoms with van der Waals surface area (Å²) in [5.41, 5.74) is 5.47. The molecular formula is C38H38N8O3. The second-order valence-corrected chi connectivity index (χ2v) is 12.2. The van der Waals surface area contributed by atoms with Crippen molar-refractivity contribution in [2.45, 2.75) is 52.6 Å². The van der Waals surface area contributed by atoms with E-state index in [1.54, 1.807) is 53.7 Å². The SMILES string of the molecule is CC1=N[C@@H](CC2C=CC=CC2)C(=O)CC=CC(C(=O)Nc2ccc(C)c(N3Cc4cnc(Nc5ccc(C)nc5)nc4NC3=O)c2)=C/C=C/1. The fraction of sp³-hybridized carbons (Fsp3) is 0.237. The van der Waals surface area contributed by atoms with Gasteiger partial charge in [0.1, 0.15) is 11.9 Å². The number of nitrogens with one attached hydrogen (secondary N) is 3. The van der Waals surface area contributed by atoms with Crippen molar-refractivity contribution < 1.29 is 14.4 Å². The minimum Gasteiger partial charge on any atom is -0.323 e. The van der Waals surface area contributed by atoms with E-state index < -0.39 is 6.04 Å². The highest BCUT2D eigenvalue weighted by atomic mass is 16.2. The number of ketones is 1. The Kier molecular flexibility index (Phi) is 9.99. The van der Waals surface area contributed by atoms with Crippen molar-refractivity contribution in [3.05, 3.63) is 120 Å². The lowest BCUT2D eigenvalue weighted by molar-refractivity contribution is -0.119. The van der Waals surface area contributed by atoms with Crippen LogP contribution in [0.15, 0.2) is 108 Å². The molecule has 248 valence electrons. The number of aryl methyl sites for hydroxylation is 2. The van der Waals surface area contributed by atoms with Crippen molar-refractivity contribution >= 4 is 52.3 Å². The summed E-state index contributed by atoms with van der Waals surface area (Å²) in [6.07, 6.45) is 22.0. The molecule has 3 aromatic rings. The molecule has 0 bridgehead atoms. The molecule has 0 fully saturated rings. The van der Waals surface area contributed by atoms with Crippen LogP contribution < -0.4 is 20.9 Å². The topological polar surface area (TPSA) is 142 Å². The Balaban J connectivity index is 1.14. The number of aliphatic imine (C=N–C) groups is 1. The van der Waals surface area contributed by atoms with E-state index >= 15 is 0 Å². The molecule has 0 radical (unpaired) electrons. The average Bonchev–Trinajstić information content (AvgIpc) is 3.12. The zero-order valence-corrected chi connectivity index (χ0v) is 27.7. The van der Waals surface area contributed by atoms with Crippen LogP contribution in [0.1, 0.15) is 43.0 Å². The van der Waals surface area contributed by atoms with Gasteiger partial charge in [0, 0.05) is 40.8 Å². The van der Waals surface area contributed by atoms with Gasteiger partial charge in [0.15, 0.2) is 5.78 Å². The highest BCUT2D eigenvalue weighted by molar-refractivity contribution is 6.08. The predicted molar refractivity (Wildman–Crippen MR) is 193 cm³/mol. The van der Waals surface area contributed by atoms with E-state index in [1.807, 2.05) is 57.2 Å². The van der Waals surface area contributed by atoms with Gasteiger partial charge in [-0.15, -0.1) is 0 Å². The van der Waals surface area contributed by atoms with Crippen LogP contribution in [0.4, 0.5) is 33.6 Å². The molecular weight excluding hydrogens is 616 g/mol. The molecule has 3 N–H and O–H groups in total. The van der Waals surface area contributed by atoms with Gasteiger partial charge in [-0.25, -0.2) is 9.78 Å². The Morgan fingerprint density at radius 2 is 1.84 bits per heavy atom. The molecule has 1 aromatic carbocycles. The minimum atomic E-state index is -0.447. The number of benzene rings is 1. The monoisotopic (exact) mass is 654 g/mol. The fourth-order valence-corrected chi connectivity index (χ4v) is 5.72. The highest BCUT2D eigenvalue weighted by Crippen LogP contribution is 2.31. The van der Waals surface area contributed by atoms with Gasteiger partial charge < -0.3 is 10.6 Å². The van der Waals surface area contributed by atoms with Crippen LogP contribution in [0.25, 0.3) is 0 Å². The lowest BCUT2D eigenvalue weighted by Crippen LogP contribution is -2.39. The first-order valence-corrected chi connectivity index (χ1v) is 16.2. The third-order valence-electron chi connectivity index (χ3n) is 8.41. The molecule has 1 unspecified atom stereocenters. The minimum absolute atomic E-state index is 0.0135. The molecule has 3 amide bonds. The van der Waals surface area contributed by atoms with Crippen molar-refractivity contribution in [3.63, 3.8) is 0 Å². The number of Topliss-reactive ketones (excluding diaryl/α,β-unsaturated/α-hetero) is 1. The van der Waals surface area contributed by atoms with Crippen LogP contribution in [0.5, 0.6) is 0 Å². The Morgan fingerprint density at radius 1 is 0.980 bits per heavy atom. The summed E-state index contributed by atoms with van der Waals surface area (Å²) in [5.74, 6) is 0.698. The van der Waals surface area contributed by atoms with Gasteiger partial charge in [-0.2, -0.15) is 4.98 Å². The quantitative estimate of drug-likeness (QED) is 0.247. The van der Waals surface area contributed by atoms with E-state index in [0.29, 0.717) is 35.1 Å². The molecule has 3 aliphatic rings. The van der Waals surface area contributed by atoms with Crippen LogP contribution in [0.3, 0.4) is 0 Å². The number of aromatic nitrogens is 3. The zero-order valence-electron chi connectivity index (χ0n) is 27.7. The van der Waals surface area contributed by atoms with Crippen molar-refractivity contribution in [1.29, 1.82) is 0 Å². The van der Waals surface area contributed by atoms with Gasteiger partial charge in [-0.05, 0) is 81.5 Å². The number of hydrogen-bond acceptors (Lipinski definition) is 8. The van der Waals surface area contributed by atoms with E-state index in [9.17, 15) is 14.4 Å². The lowest BCUT2D eigenvalue weighted by Gasteiger charge is -2.30. The fourth-order valence-electron chi connectivity index (χ4n) is 5.72. The number of urea groups is 1. The van der Waals surface area contributed by atoms with Crippen LogP contribution in [-0.2, 0) is 16.1 Å². The third kappa shape index (κ3) is 8.31. The standard InChI is InChI=1S/C38H38N8O3/c1-24-15-17-30(20-33(24)46-23-29-21-40-37(44-35(29)45-38(46)49)43-31-18-16-25(2)39-22-31)42-36(48)28-12-7-9-26(3)41-32(34(47)14-8-13-28)19-27-10-5-4-6-11-27/h4-10,12-13,15-18,20-22,27,32H,11,14,19,23H2,1-3H3,(H,42,48)(H2,40,43,44,45,49)/b9-7+,13-8?,28-12?,41-26?/t27?,32-/m0/s1.